The minimum atomic E-state index is -2.63. The predicted octanol–water partition coefficient (Wildman–Crippen LogP) is 4.39. The molecule has 0 unspecified atom stereocenters. The van der Waals surface area contributed by atoms with Crippen molar-refractivity contribution in [3.05, 3.63) is 72.6 Å². The second kappa shape index (κ2) is 9.95. The van der Waals surface area contributed by atoms with Gasteiger partial charge in [-0.3, -0.25) is 9.59 Å². The Hall–Kier alpha value is -4.60. The molecule has 0 aliphatic heterocycles. The highest BCUT2D eigenvalue weighted by atomic mass is 19.3. The van der Waals surface area contributed by atoms with E-state index in [0.717, 1.165) is 22.4 Å². The van der Waals surface area contributed by atoms with Gasteiger partial charge in [-0.1, -0.05) is 30.8 Å². The number of hydrogen-bond acceptors (Lipinski definition) is 5. The van der Waals surface area contributed by atoms with Gasteiger partial charge in [0.25, 0.3) is 18.2 Å². The zero-order chi connectivity index (χ0) is 26.0. The number of aromatic nitrogens is 3. The summed E-state index contributed by atoms with van der Waals surface area (Å²) in [7, 11) is 1.86. The summed E-state index contributed by atoms with van der Waals surface area (Å²) in [4.78, 5) is 32.7. The number of rotatable bonds is 7. The fraction of sp³-hybridized carbons (Fsp3) is 0.154. The van der Waals surface area contributed by atoms with Crippen LogP contribution in [0.2, 0.25) is 0 Å². The van der Waals surface area contributed by atoms with Crippen LogP contribution in [-0.4, -0.2) is 39.3 Å². The van der Waals surface area contributed by atoms with E-state index >= 15 is 0 Å². The molecule has 4 aromatic rings. The van der Waals surface area contributed by atoms with Gasteiger partial charge in [0.05, 0.1) is 17.6 Å². The average Bonchev–Trinajstić information content (AvgIpc) is 3.16. The van der Waals surface area contributed by atoms with E-state index in [9.17, 15) is 18.4 Å². The highest BCUT2D eigenvalue weighted by Crippen LogP contribution is 2.41. The predicted molar refractivity (Wildman–Crippen MR) is 136 cm³/mol. The van der Waals surface area contributed by atoms with Gasteiger partial charge in [-0.05, 0) is 42.3 Å². The molecule has 184 valence electrons. The highest BCUT2D eigenvalue weighted by molar-refractivity contribution is 6.08. The number of benzene rings is 2. The topological polar surface area (TPSA) is 115 Å². The van der Waals surface area contributed by atoms with Crippen LogP contribution >= 0.6 is 0 Å². The number of nitrogens with one attached hydrogen (secondary N) is 2. The van der Waals surface area contributed by atoms with Gasteiger partial charge in [0.1, 0.15) is 17.8 Å². The number of nitrogens with two attached hydrogens (primary N) is 1. The summed E-state index contributed by atoms with van der Waals surface area (Å²) in [5.74, 6) is -0.565. The summed E-state index contributed by atoms with van der Waals surface area (Å²) in [5, 5.41) is 5.62. The van der Waals surface area contributed by atoms with E-state index in [0.29, 0.717) is 28.1 Å². The molecule has 0 bridgehead atoms. The first-order chi connectivity index (χ1) is 17.2. The molecule has 0 saturated heterocycles. The van der Waals surface area contributed by atoms with Crippen molar-refractivity contribution in [3.63, 3.8) is 0 Å². The van der Waals surface area contributed by atoms with Crippen LogP contribution in [0.15, 0.2) is 67.0 Å². The van der Waals surface area contributed by atoms with E-state index in [1.807, 2.05) is 23.7 Å². The normalized spacial score (nSPS) is 11.0. The van der Waals surface area contributed by atoms with Crippen molar-refractivity contribution in [1.29, 1.82) is 0 Å². The zero-order valence-corrected chi connectivity index (χ0v) is 19.7. The molecule has 36 heavy (non-hydrogen) atoms. The lowest BCUT2D eigenvalue weighted by molar-refractivity contribution is -0.112. The van der Waals surface area contributed by atoms with Gasteiger partial charge in [-0.15, -0.1) is 0 Å². The van der Waals surface area contributed by atoms with Crippen LogP contribution in [0, 0.1) is 0 Å². The Labute approximate surface area is 205 Å². The molecule has 2 heterocycles. The van der Waals surface area contributed by atoms with Crippen molar-refractivity contribution in [3.8, 4) is 22.4 Å². The van der Waals surface area contributed by atoms with Gasteiger partial charge in [0.15, 0.2) is 0 Å². The first kappa shape index (κ1) is 24.5. The molecule has 4 N–H and O–H groups in total. The lowest BCUT2D eigenvalue weighted by atomic mass is 9.97. The lowest BCUT2D eigenvalue weighted by Gasteiger charge is -2.11. The number of hydrogen-bond donors (Lipinski definition) is 3. The van der Waals surface area contributed by atoms with Crippen molar-refractivity contribution >= 4 is 34.4 Å². The third-order valence-electron chi connectivity index (χ3n) is 5.65. The van der Waals surface area contributed by atoms with Crippen LogP contribution in [-0.2, 0) is 11.8 Å². The summed E-state index contributed by atoms with van der Waals surface area (Å²) in [6, 6.07) is 13.9. The Morgan fingerprint density at radius 2 is 1.69 bits per heavy atom. The minimum Gasteiger partial charge on any atom is -0.383 e. The third kappa shape index (κ3) is 4.78. The molecule has 0 saturated carbocycles. The standard InChI is InChI=1S/C26H24F2N6O2/c1-14(2)25(35)33-18-10-8-16(9-11-18)22-20(21-23(29)31-13-32-24(21)34(22)3)15-4-6-17(7-5-15)26(36)30-12-19(27)28/h4-11,13,19H,1,12H2,2-3H3,(H,30,36)(H,33,35)(H2,29,31,32). The summed E-state index contributed by atoms with van der Waals surface area (Å²) in [6.07, 6.45) is -1.24. The number of nitrogen functional groups attached to an aromatic ring is 1. The third-order valence-corrected chi connectivity index (χ3v) is 5.65. The minimum absolute atomic E-state index is 0.253. The SMILES string of the molecule is C=C(C)C(=O)Nc1ccc(-c2c(-c3ccc(C(=O)NCC(F)F)cc3)c3c(N)ncnc3n2C)cc1. The number of aryl methyl sites for hydroxylation is 1. The number of alkyl halides is 2. The van der Waals surface area contributed by atoms with Gasteiger partial charge >= 0.3 is 0 Å². The summed E-state index contributed by atoms with van der Waals surface area (Å²) in [5.41, 5.74) is 11.3. The molecule has 2 amide bonds. The van der Waals surface area contributed by atoms with E-state index in [1.54, 1.807) is 43.3 Å². The summed E-state index contributed by atoms with van der Waals surface area (Å²) >= 11 is 0. The molecule has 0 aliphatic carbocycles. The van der Waals surface area contributed by atoms with Gasteiger partial charge in [0, 0.05) is 29.4 Å². The van der Waals surface area contributed by atoms with E-state index in [-0.39, 0.29) is 11.5 Å². The highest BCUT2D eigenvalue weighted by Gasteiger charge is 2.22. The van der Waals surface area contributed by atoms with E-state index in [4.69, 9.17) is 5.73 Å². The Bertz CT molecular complexity index is 1460. The van der Waals surface area contributed by atoms with E-state index in [1.165, 1.54) is 6.33 Å². The summed E-state index contributed by atoms with van der Waals surface area (Å²) in [6.45, 7) is 4.55. The summed E-state index contributed by atoms with van der Waals surface area (Å²) < 4.78 is 26.8. The number of anilines is 2. The molecule has 2 aromatic carbocycles. The van der Waals surface area contributed by atoms with Crippen LogP contribution in [0.4, 0.5) is 20.3 Å². The number of nitrogens with zero attached hydrogens (tertiary/aromatic N) is 3. The Morgan fingerprint density at radius 1 is 1.06 bits per heavy atom. The van der Waals surface area contributed by atoms with Crippen molar-refractivity contribution in [2.24, 2.45) is 7.05 Å². The van der Waals surface area contributed by atoms with E-state index in [2.05, 4.69) is 27.2 Å². The lowest BCUT2D eigenvalue weighted by Crippen LogP contribution is -2.28. The Balaban J connectivity index is 1.79. The van der Waals surface area contributed by atoms with Crippen LogP contribution < -0.4 is 16.4 Å². The molecule has 2 aromatic heterocycles. The van der Waals surface area contributed by atoms with Crippen molar-refractivity contribution < 1.29 is 18.4 Å². The van der Waals surface area contributed by atoms with Gasteiger partial charge < -0.3 is 20.9 Å². The maximum atomic E-state index is 12.4. The monoisotopic (exact) mass is 490 g/mol. The van der Waals surface area contributed by atoms with Crippen LogP contribution in [0.5, 0.6) is 0 Å². The molecular formula is C26H24F2N6O2. The molecule has 0 atom stereocenters. The van der Waals surface area contributed by atoms with Crippen molar-refractivity contribution in [2.45, 2.75) is 13.3 Å². The molecule has 0 fully saturated rings. The number of amides is 2. The van der Waals surface area contributed by atoms with Crippen LogP contribution in [0.25, 0.3) is 33.4 Å². The molecule has 8 nitrogen and oxygen atoms in total. The molecule has 10 heteroatoms. The molecule has 0 radical (unpaired) electrons. The molecule has 0 spiro atoms. The maximum Gasteiger partial charge on any atom is 0.255 e. The fourth-order valence-corrected chi connectivity index (χ4v) is 3.90. The zero-order valence-electron chi connectivity index (χ0n) is 19.7. The maximum absolute atomic E-state index is 12.4. The van der Waals surface area contributed by atoms with Crippen molar-refractivity contribution in [1.82, 2.24) is 19.9 Å². The second-order valence-electron chi connectivity index (χ2n) is 8.23. The van der Waals surface area contributed by atoms with Crippen LogP contribution in [0.3, 0.4) is 0 Å². The van der Waals surface area contributed by atoms with Gasteiger partial charge in [0.2, 0.25) is 0 Å². The van der Waals surface area contributed by atoms with Crippen molar-refractivity contribution in [2.75, 3.05) is 17.6 Å². The van der Waals surface area contributed by atoms with Gasteiger partial charge in [-0.2, -0.15) is 0 Å². The molecular weight excluding hydrogens is 466 g/mol. The number of carbonyl (C=O) groups excluding carboxylic acids is 2. The largest absolute Gasteiger partial charge is 0.383 e. The quantitative estimate of drug-likeness (QED) is 0.332. The van der Waals surface area contributed by atoms with Gasteiger partial charge in [-0.25, -0.2) is 18.7 Å². The smallest absolute Gasteiger partial charge is 0.255 e. The molecule has 0 aliphatic rings. The second-order valence-corrected chi connectivity index (χ2v) is 8.23. The fourth-order valence-electron chi connectivity index (χ4n) is 3.90. The average molecular weight is 491 g/mol. The number of halogens is 2. The van der Waals surface area contributed by atoms with E-state index < -0.39 is 18.9 Å². The Kier molecular flexibility index (Phi) is 6.77. The molecule has 4 rings (SSSR count). The van der Waals surface area contributed by atoms with Crippen LogP contribution in [0.1, 0.15) is 17.3 Å². The number of fused-ring (bicyclic) bond motifs is 1. The Morgan fingerprint density at radius 3 is 2.31 bits per heavy atom. The first-order valence-corrected chi connectivity index (χ1v) is 11.0. The number of carbonyl (C=O) groups is 2. The first-order valence-electron chi connectivity index (χ1n) is 11.0.